The standard InChI is InChI=1S/C15H24N2O3S/c1-11(10-13(18)14-4-3-7-20-14)16-15(19)12(2)17-5-8-21-9-6-17/h3-4,7,11-13,18H,5-6,8-10H2,1-2H3,(H,16,19)/t11-,12+,13-/m1/s1. The number of carbonyl (C=O) groups is 1. The topological polar surface area (TPSA) is 65.7 Å². The first kappa shape index (κ1) is 16.4. The van der Waals surface area contributed by atoms with Crippen LogP contribution in [0.1, 0.15) is 32.1 Å². The normalized spacial score (nSPS) is 20.7. The zero-order valence-electron chi connectivity index (χ0n) is 12.6. The van der Waals surface area contributed by atoms with E-state index in [4.69, 9.17) is 4.42 Å². The summed E-state index contributed by atoms with van der Waals surface area (Å²) in [4.78, 5) is 14.5. The smallest absolute Gasteiger partial charge is 0.237 e. The Hall–Kier alpha value is -0.980. The van der Waals surface area contributed by atoms with Gasteiger partial charge in [0.1, 0.15) is 11.9 Å². The molecule has 1 saturated heterocycles. The van der Waals surface area contributed by atoms with Crippen molar-refractivity contribution in [2.75, 3.05) is 24.6 Å². The Labute approximate surface area is 130 Å². The van der Waals surface area contributed by atoms with Gasteiger partial charge in [-0.15, -0.1) is 0 Å². The van der Waals surface area contributed by atoms with E-state index >= 15 is 0 Å². The van der Waals surface area contributed by atoms with Crippen LogP contribution in [0.3, 0.4) is 0 Å². The van der Waals surface area contributed by atoms with E-state index in [0.29, 0.717) is 12.2 Å². The molecule has 0 aliphatic carbocycles. The van der Waals surface area contributed by atoms with Gasteiger partial charge in [0.05, 0.1) is 12.3 Å². The van der Waals surface area contributed by atoms with Gasteiger partial charge in [-0.1, -0.05) is 0 Å². The van der Waals surface area contributed by atoms with Crippen LogP contribution in [-0.2, 0) is 4.79 Å². The summed E-state index contributed by atoms with van der Waals surface area (Å²) in [6.45, 7) is 5.77. The number of furan rings is 1. The van der Waals surface area contributed by atoms with E-state index in [0.717, 1.165) is 24.6 Å². The number of rotatable bonds is 6. The van der Waals surface area contributed by atoms with Crippen molar-refractivity contribution in [1.82, 2.24) is 10.2 Å². The fourth-order valence-corrected chi connectivity index (χ4v) is 3.42. The van der Waals surface area contributed by atoms with E-state index in [2.05, 4.69) is 10.2 Å². The van der Waals surface area contributed by atoms with Gasteiger partial charge < -0.3 is 14.8 Å². The highest BCUT2D eigenvalue weighted by atomic mass is 32.2. The Bertz CT molecular complexity index is 432. The number of nitrogens with zero attached hydrogens (tertiary/aromatic N) is 1. The Morgan fingerprint density at radius 3 is 2.81 bits per heavy atom. The van der Waals surface area contributed by atoms with Crippen LogP contribution in [-0.4, -0.2) is 52.6 Å². The van der Waals surface area contributed by atoms with Crippen molar-refractivity contribution < 1.29 is 14.3 Å². The number of hydrogen-bond donors (Lipinski definition) is 2. The second kappa shape index (κ2) is 7.87. The maximum absolute atomic E-state index is 12.3. The van der Waals surface area contributed by atoms with Gasteiger partial charge in [0.15, 0.2) is 0 Å². The number of hydrogen-bond acceptors (Lipinski definition) is 5. The van der Waals surface area contributed by atoms with E-state index in [9.17, 15) is 9.90 Å². The molecule has 0 spiro atoms. The zero-order chi connectivity index (χ0) is 15.2. The lowest BCUT2D eigenvalue weighted by atomic mass is 10.1. The second-order valence-electron chi connectivity index (χ2n) is 5.50. The summed E-state index contributed by atoms with van der Waals surface area (Å²) in [6, 6.07) is 3.28. The number of thioether (sulfide) groups is 1. The molecule has 1 amide bonds. The molecule has 0 bridgehead atoms. The van der Waals surface area contributed by atoms with E-state index in [-0.39, 0.29) is 18.0 Å². The summed E-state index contributed by atoms with van der Waals surface area (Å²) < 4.78 is 5.17. The minimum atomic E-state index is -0.683. The van der Waals surface area contributed by atoms with Gasteiger partial charge in [0.2, 0.25) is 5.91 Å². The van der Waals surface area contributed by atoms with Crippen molar-refractivity contribution >= 4 is 17.7 Å². The first-order valence-corrected chi connectivity index (χ1v) is 8.57. The molecule has 0 radical (unpaired) electrons. The van der Waals surface area contributed by atoms with E-state index < -0.39 is 6.10 Å². The van der Waals surface area contributed by atoms with Crippen LogP contribution < -0.4 is 5.32 Å². The third kappa shape index (κ3) is 4.76. The van der Waals surface area contributed by atoms with Crippen molar-refractivity contribution in [3.63, 3.8) is 0 Å². The van der Waals surface area contributed by atoms with E-state index in [1.54, 1.807) is 12.1 Å². The van der Waals surface area contributed by atoms with Gasteiger partial charge >= 0.3 is 0 Å². The summed E-state index contributed by atoms with van der Waals surface area (Å²) in [5, 5.41) is 13.0. The molecule has 1 aliphatic rings. The Kier molecular flexibility index (Phi) is 6.14. The first-order chi connectivity index (χ1) is 10.1. The summed E-state index contributed by atoms with van der Waals surface area (Å²) >= 11 is 1.93. The predicted molar refractivity (Wildman–Crippen MR) is 84.2 cm³/mol. The fourth-order valence-electron chi connectivity index (χ4n) is 2.48. The van der Waals surface area contributed by atoms with Gasteiger partial charge in [-0.05, 0) is 26.0 Å². The lowest BCUT2D eigenvalue weighted by molar-refractivity contribution is -0.126. The molecule has 1 aliphatic heterocycles. The predicted octanol–water partition coefficient (Wildman–Crippen LogP) is 1.65. The average Bonchev–Trinajstić information content (AvgIpc) is 3.01. The molecule has 5 nitrogen and oxygen atoms in total. The highest BCUT2D eigenvalue weighted by Gasteiger charge is 2.24. The van der Waals surface area contributed by atoms with Crippen molar-refractivity contribution in [2.45, 2.75) is 38.5 Å². The summed E-state index contributed by atoms with van der Waals surface area (Å²) in [7, 11) is 0. The Morgan fingerprint density at radius 2 is 2.19 bits per heavy atom. The molecular formula is C15H24N2O3S. The molecule has 0 unspecified atom stereocenters. The van der Waals surface area contributed by atoms with Crippen molar-refractivity contribution in [2.24, 2.45) is 0 Å². The van der Waals surface area contributed by atoms with E-state index in [1.807, 2.05) is 25.6 Å². The van der Waals surface area contributed by atoms with Crippen molar-refractivity contribution in [3.8, 4) is 0 Å². The maximum atomic E-state index is 12.3. The molecule has 2 N–H and O–H groups in total. The number of aliphatic hydroxyl groups excluding tert-OH is 1. The molecule has 6 heteroatoms. The largest absolute Gasteiger partial charge is 0.467 e. The molecule has 1 aromatic heterocycles. The van der Waals surface area contributed by atoms with Crippen LogP contribution in [0.5, 0.6) is 0 Å². The van der Waals surface area contributed by atoms with Gasteiger partial charge in [0, 0.05) is 37.1 Å². The van der Waals surface area contributed by atoms with Crippen LogP contribution in [0.2, 0.25) is 0 Å². The third-order valence-electron chi connectivity index (χ3n) is 3.81. The van der Waals surface area contributed by atoms with Crippen molar-refractivity contribution in [3.05, 3.63) is 24.2 Å². The highest BCUT2D eigenvalue weighted by Crippen LogP contribution is 2.18. The Balaban J connectivity index is 1.78. The Morgan fingerprint density at radius 1 is 1.48 bits per heavy atom. The van der Waals surface area contributed by atoms with E-state index in [1.165, 1.54) is 6.26 Å². The van der Waals surface area contributed by atoms with Gasteiger partial charge in [-0.2, -0.15) is 11.8 Å². The molecule has 118 valence electrons. The molecule has 21 heavy (non-hydrogen) atoms. The van der Waals surface area contributed by atoms with Crippen LogP contribution in [0, 0.1) is 0 Å². The lowest BCUT2D eigenvalue weighted by Crippen LogP contribution is -2.50. The van der Waals surface area contributed by atoms with Crippen molar-refractivity contribution in [1.29, 1.82) is 0 Å². The molecule has 2 heterocycles. The highest BCUT2D eigenvalue weighted by molar-refractivity contribution is 7.99. The summed E-state index contributed by atoms with van der Waals surface area (Å²) in [5.74, 6) is 2.74. The van der Waals surface area contributed by atoms with Crippen LogP contribution in [0.15, 0.2) is 22.8 Å². The second-order valence-corrected chi connectivity index (χ2v) is 6.73. The fraction of sp³-hybridized carbons (Fsp3) is 0.667. The quantitative estimate of drug-likeness (QED) is 0.836. The molecule has 1 fully saturated rings. The van der Waals surface area contributed by atoms with Gasteiger partial charge in [-0.3, -0.25) is 9.69 Å². The minimum absolute atomic E-state index is 0.0287. The summed E-state index contributed by atoms with van der Waals surface area (Å²) in [5.41, 5.74) is 0. The van der Waals surface area contributed by atoms with Gasteiger partial charge in [-0.25, -0.2) is 0 Å². The van der Waals surface area contributed by atoms with Crippen LogP contribution >= 0.6 is 11.8 Å². The average molecular weight is 312 g/mol. The molecule has 0 saturated carbocycles. The summed E-state index contributed by atoms with van der Waals surface area (Å²) in [6.07, 6.45) is 1.30. The first-order valence-electron chi connectivity index (χ1n) is 7.41. The maximum Gasteiger partial charge on any atom is 0.237 e. The number of amides is 1. The number of nitrogens with one attached hydrogen (secondary N) is 1. The minimum Gasteiger partial charge on any atom is -0.467 e. The molecule has 3 atom stereocenters. The zero-order valence-corrected chi connectivity index (χ0v) is 13.4. The van der Waals surface area contributed by atoms with Gasteiger partial charge in [0.25, 0.3) is 0 Å². The number of carbonyl (C=O) groups excluding carboxylic acids is 1. The third-order valence-corrected chi connectivity index (χ3v) is 4.75. The molecular weight excluding hydrogens is 288 g/mol. The molecule has 0 aromatic carbocycles. The SMILES string of the molecule is C[C@H](C[C@@H](O)c1ccco1)NC(=O)[C@H](C)N1CCSCC1. The molecule has 1 aromatic rings. The lowest BCUT2D eigenvalue weighted by Gasteiger charge is -2.32. The van der Waals surface area contributed by atoms with Crippen LogP contribution in [0.4, 0.5) is 0 Å². The van der Waals surface area contributed by atoms with Crippen LogP contribution in [0.25, 0.3) is 0 Å². The molecule has 2 rings (SSSR count). The monoisotopic (exact) mass is 312 g/mol. The number of aliphatic hydroxyl groups is 1.